The van der Waals surface area contributed by atoms with Crippen LogP contribution >= 0.6 is 0 Å². The topological polar surface area (TPSA) is 38.0 Å². The number of rotatable bonds is 2. The van der Waals surface area contributed by atoms with Crippen molar-refractivity contribution in [2.45, 2.75) is 0 Å². The Morgan fingerprint density at radius 1 is 1.10 bits per heavy atom. The molecule has 0 spiro atoms. The molecule has 0 aliphatic carbocycles. The molecule has 5 heteroatoms. The fourth-order valence-corrected chi connectivity index (χ4v) is 3.01. The molecule has 2 aromatic carbocycles. The molecule has 3 nitrogen and oxygen atoms in total. The van der Waals surface area contributed by atoms with Crippen LogP contribution in [-0.2, 0) is 18.3 Å². The molecule has 0 aliphatic heterocycles. The summed E-state index contributed by atoms with van der Waals surface area (Å²) in [6, 6.07) is 13.4. The number of phenolic OH excluding ortho intramolecular Hbond substituents is 1. The Kier molecular flexibility index (Phi) is 3.37. The standard InChI is InChI=1S/C15H10FN2O.Zn/c16-12-5-3-4-11(10-12)13-8-9-18(17-13)14-6-1-2-7-15(14)19;/h1-7,9-10,19H;. The molecule has 0 atom stereocenters. The van der Waals surface area contributed by atoms with Crippen LogP contribution in [0, 0.1) is 5.82 Å². The van der Waals surface area contributed by atoms with E-state index in [-0.39, 0.29) is 11.6 Å². The van der Waals surface area contributed by atoms with E-state index in [4.69, 9.17) is 0 Å². The van der Waals surface area contributed by atoms with Crippen LogP contribution in [0.15, 0.2) is 54.7 Å². The molecule has 0 amide bonds. The zero-order chi connectivity index (χ0) is 14.1. The van der Waals surface area contributed by atoms with E-state index >= 15 is 0 Å². The van der Waals surface area contributed by atoms with E-state index in [0.29, 0.717) is 5.69 Å². The van der Waals surface area contributed by atoms with Crippen molar-refractivity contribution in [3.05, 3.63) is 60.5 Å². The van der Waals surface area contributed by atoms with Crippen LogP contribution in [0.1, 0.15) is 0 Å². The molecule has 3 aromatic rings. The Bertz CT molecular complexity index is 770. The summed E-state index contributed by atoms with van der Waals surface area (Å²) in [6.07, 6.45) is 1.87. The molecule has 20 heavy (non-hydrogen) atoms. The van der Waals surface area contributed by atoms with Gasteiger partial charge in [0.05, 0.1) is 0 Å². The van der Waals surface area contributed by atoms with Gasteiger partial charge in [0.1, 0.15) is 0 Å². The summed E-state index contributed by atoms with van der Waals surface area (Å²) in [4.78, 5) is 0. The van der Waals surface area contributed by atoms with Gasteiger partial charge in [-0.05, 0) is 0 Å². The van der Waals surface area contributed by atoms with Crippen LogP contribution in [0.3, 0.4) is 0 Å². The van der Waals surface area contributed by atoms with Gasteiger partial charge in [-0.2, -0.15) is 0 Å². The molecule has 1 aromatic heterocycles. The van der Waals surface area contributed by atoms with Gasteiger partial charge in [-0.3, -0.25) is 0 Å². The van der Waals surface area contributed by atoms with Crippen molar-refractivity contribution >= 4 is 4.16 Å². The minimum absolute atomic E-state index is 0.167. The van der Waals surface area contributed by atoms with Gasteiger partial charge in [0.15, 0.2) is 0 Å². The van der Waals surface area contributed by atoms with Crippen molar-refractivity contribution < 1.29 is 27.8 Å². The van der Waals surface area contributed by atoms with Crippen molar-refractivity contribution in [1.82, 2.24) is 9.78 Å². The van der Waals surface area contributed by atoms with E-state index in [2.05, 4.69) is 5.10 Å². The molecule has 0 saturated carbocycles. The maximum atomic E-state index is 13.3. The second-order valence-electron chi connectivity index (χ2n) is 4.45. The first-order chi connectivity index (χ1) is 9.65. The van der Waals surface area contributed by atoms with Crippen molar-refractivity contribution in [2.24, 2.45) is 0 Å². The number of halogens is 1. The Morgan fingerprint density at radius 2 is 1.90 bits per heavy atom. The second kappa shape index (κ2) is 5.18. The first-order valence-electron chi connectivity index (χ1n) is 6.11. The summed E-state index contributed by atoms with van der Waals surface area (Å²) >= 11 is 0.902. The van der Waals surface area contributed by atoms with Crippen LogP contribution < -0.4 is 4.16 Å². The van der Waals surface area contributed by atoms with Crippen LogP contribution in [0.5, 0.6) is 5.75 Å². The fourth-order valence-electron chi connectivity index (χ4n) is 2.07. The Hall–Kier alpha value is -2.00. The monoisotopic (exact) mass is 317 g/mol. The molecule has 0 bridgehead atoms. The molecular weight excluding hydrogens is 309 g/mol. The van der Waals surface area contributed by atoms with Gasteiger partial charge in [0, 0.05) is 0 Å². The van der Waals surface area contributed by atoms with Crippen molar-refractivity contribution in [3.63, 3.8) is 0 Å². The number of aromatic nitrogens is 2. The van der Waals surface area contributed by atoms with Crippen LogP contribution in [0.25, 0.3) is 16.9 Å². The normalized spacial score (nSPS) is 10.8. The third-order valence-electron chi connectivity index (χ3n) is 3.02. The summed E-state index contributed by atoms with van der Waals surface area (Å²) in [5.74, 6) is -0.111. The average Bonchev–Trinajstić information content (AvgIpc) is 2.81. The minimum atomic E-state index is -0.279. The van der Waals surface area contributed by atoms with Crippen LogP contribution in [0.4, 0.5) is 4.39 Å². The number of hydrogen-bond donors (Lipinski definition) is 1. The van der Waals surface area contributed by atoms with Gasteiger partial charge in [0.25, 0.3) is 0 Å². The van der Waals surface area contributed by atoms with E-state index in [1.54, 1.807) is 28.9 Å². The third kappa shape index (κ3) is 2.37. The molecule has 3 rings (SSSR count). The van der Waals surface area contributed by atoms with Crippen LogP contribution in [0.2, 0.25) is 0 Å². The van der Waals surface area contributed by atoms with Gasteiger partial charge in [0.2, 0.25) is 0 Å². The molecular formula is C15H10FN2OZn. The maximum absolute atomic E-state index is 13.3. The van der Waals surface area contributed by atoms with Crippen molar-refractivity contribution in [2.75, 3.05) is 0 Å². The predicted molar refractivity (Wildman–Crippen MR) is 70.3 cm³/mol. The van der Waals surface area contributed by atoms with Crippen molar-refractivity contribution in [1.29, 1.82) is 0 Å². The Labute approximate surface area is 125 Å². The number of para-hydroxylation sites is 2. The molecule has 0 aliphatic rings. The van der Waals surface area contributed by atoms with Crippen LogP contribution in [-0.4, -0.2) is 14.9 Å². The van der Waals surface area contributed by atoms with E-state index in [1.165, 1.54) is 12.1 Å². The molecule has 0 radical (unpaired) electrons. The number of phenols is 1. The van der Waals surface area contributed by atoms with E-state index in [1.807, 2.05) is 18.3 Å². The summed E-state index contributed by atoms with van der Waals surface area (Å²) < 4.78 is 16.0. The summed E-state index contributed by atoms with van der Waals surface area (Å²) in [5, 5.41) is 14.3. The van der Waals surface area contributed by atoms with Gasteiger partial charge in [-0.1, -0.05) is 0 Å². The zero-order valence-corrected chi connectivity index (χ0v) is 13.6. The number of aromatic hydroxyl groups is 1. The van der Waals surface area contributed by atoms with Crippen molar-refractivity contribution in [3.8, 4) is 22.7 Å². The van der Waals surface area contributed by atoms with Gasteiger partial charge < -0.3 is 0 Å². The van der Waals surface area contributed by atoms with E-state index in [9.17, 15) is 9.50 Å². The third-order valence-corrected chi connectivity index (χ3v) is 4.10. The number of nitrogens with zero attached hydrogens (tertiary/aromatic N) is 2. The number of hydrogen-bond acceptors (Lipinski definition) is 2. The first-order valence-corrected chi connectivity index (χ1v) is 7.59. The van der Waals surface area contributed by atoms with Gasteiger partial charge in [-0.25, -0.2) is 0 Å². The first kappa shape index (κ1) is 13.0. The average molecular weight is 319 g/mol. The van der Waals surface area contributed by atoms with Gasteiger partial charge >= 0.3 is 125 Å². The predicted octanol–water partition coefficient (Wildman–Crippen LogP) is 2.56. The molecule has 1 heterocycles. The molecule has 95 valence electrons. The summed E-state index contributed by atoms with van der Waals surface area (Å²) in [6.45, 7) is 0. The fraction of sp³-hybridized carbons (Fsp3) is 0. The Morgan fingerprint density at radius 3 is 2.65 bits per heavy atom. The molecule has 0 saturated heterocycles. The molecule has 0 fully saturated rings. The van der Waals surface area contributed by atoms with E-state index < -0.39 is 0 Å². The Balaban J connectivity index is 2.10. The van der Waals surface area contributed by atoms with E-state index in [0.717, 1.165) is 33.7 Å². The van der Waals surface area contributed by atoms with Gasteiger partial charge in [-0.15, -0.1) is 0 Å². The molecule has 0 unspecified atom stereocenters. The summed E-state index contributed by atoms with van der Waals surface area (Å²) in [5.41, 5.74) is 2.12. The molecule has 1 N–H and O–H groups in total. The SMILES string of the molecule is Oc1ccccc1-n1c[c]([Zn])c(-c2cccc(F)c2)n1. The quantitative estimate of drug-likeness (QED) is 0.738. The summed E-state index contributed by atoms with van der Waals surface area (Å²) in [7, 11) is 0. The number of benzene rings is 2. The second-order valence-corrected chi connectivity index (χ2v) is 6.04. The zero-order valence-electron chi connectivity index (χ0n) is 10.6.